The number of aryl methyl sites for hydroxylation is 2. The van der Waals surface area contributed by atoms with Gasteiger partial charge < -0.3 is 10.2 Å². The summed E-state index contributed by atoms with van der Waals surface area (Å²) in [5, 5.41) is 3.62. The molecule has 28 heavy (non-hydrogen) atoms. The van der Waals surface area contributed by atoms with Crippen molar-refractivity contribution >= 4 is 17.4 Å². The van der Waals surface area contributed by atoms with Crippen molar-refractivity contribution in [3.63, 3.8) is 0 Å². The van der Waals surface area contributed by atoms with Crippen LogP contribution in [0.3, 0.4) is 0 Å². The van der Waals surface area contributed by atoms with E-state index in [-0.39, 0.29) is 0 Å². The van der Waals surface area contributed by atoms with Crippen molar-refractivity contribution in [3.05, 3.63) is 89.5 Å². The second-order valence-electron chi connectivity index (χ2n) is 7.22. The Morgan fingerprint density at radius 2 is 1.50 bits per heavy atom. The summed E-state index contributed by atoms with van der Waals surface area (Å²) in [5.41, 5.74) is 5.33. The Labute approximate surface area is 174 Å². The molecule has 3 heteroatoms. The maximum Gasteiger partial charge on any atom is 0.0363 e. The quantitative estimate of drug-likeness (QED) is 0.446. The van der Waals surface area contributed by atoms with Crippen LogP contribution in [0.2, 0.25) is 0 Å². The van der Waals surface area contributed by atoms with Gasteiger partial charge in [0.05, 0.1) is 0 Å². The lowest BCUT2D eigenvalue weighted by Crippen LogP contribution is -2.23. The van der Waals surface area contributed by atoms with E-state index in [9.17, 15) is 0 Å². The maximum absolute atomic E-state index is 3.62. The molecule has 146 valence electrons. The number of anilines is 1. The molecule has 0 bridgehead atoms. The predicted molar refractivity (Wildman–Crippen MR) is 123 cm³/mol. The first kappa shape index (κ1) is 20.5. The summed E-state index contributed by atoms with van der Waals surface area (Å²) in [5.74, 6) is 0. The molecule has 0 heterocycles. The van der Waals surface area contributed by atoms with Crippen molar-refractivity contribution in [3.8, 4) is 0 Å². The summed E-state index contributed by atoms with van der Waals surface area (Å²) in [7, 11) is 2.16. The highest BCUT2D eigenvalue weighted by molar-refractivity contribution is 7.99. The molecule has 0 unspecified atom stereocenters. The van der Waals surface area contributed by atoms with Crippen LogP contribution >= 0.6 is 11.8 Å². The summed E-state index contributed by atoms with van der Waals surface area (Å²) >= 11 is 1.89. The molecule has 0 saturated carbocycles. The molecule has 2 nitrogen and oxygen atoms in total. The standard InChI is InChI=1S/C25H30N2S/c1-20-11-9-12-21(2)25(20)28-24-16-8-7-13-22(24)19-26-17-10-18-27(3)23-14-5-4-6-15-23/h4-9,11-16,26H,10,17-19H2,1-3H3. The number of para-hydroxylation sites is 1. The van der Waals surface area contributed by atoms with Crippen LogP contribution < -0.4 is 10.2 Å². The molecule has 0 aliphatic heterocycles. The van der Waals surface area contributed by atoms with Gasteiger partial charge in [0, 0.05) is 35.6 Å². The molecular weight excluding hydrogens is 360 g/mol. The van der Waals surface area contributed by atoms with Crippen molar-refractivity contribution in [2.75, 3.05) is 25.0 Å². The van der Waals surface area contributed by atoms with Crippen molar-refractivity contribution in [1.29, 1.82) is 0 Å². The van der Waals surface area contributed by atoms with Crippen LogP contribution in [0, 0.1) is 13.8 Å². The number of benzene rings is 3. The Bertz CT molecular complexity index is 856. The Balaban J connectivity index is 1.51. The molecule has 0 spiro atoms. The van der Waals surface area contributed by atoms with Crippen LogP contribution in [0.15, 0.2) is 82.6 Å². The Kier molecular flexibility index (Phi) is 7.58. The number of rotatable bonds is 9. The topological polar surface area (TPSA) is 15.3 Å². The molecular formula is C25H30N2S. The van der Waals surface area contributed by atoms with Gasteiger partial charge in [0.15, 0.2) is 0 Å². The highest BCUT2D eigenvalue weighted by atomic mass is 32.2. The van der Waals surface area contributed by atoms with E-state index in [0.717, 1.165) is 26.1 Å². The van der Waals surface area contributed by atoms with Crippen molar-refractivity contribution in [2.24, 2.45) is 0 Å². The third kappa shape index (κ3) is 5.63. The van der Waals surface area contributed by atoms with E-state index in [1.54, 1.807) is 0 Å². The van der Waals surface area contributed by atoms with E-state index < -0.39 is 0 Å². The second kappa shape index (κ2) is 10.4. The van der Waals surface area contributed by atoms with Crippen LogP contribution in [0.4, 0.5) is 5.69 Å². The highest BCUT2D eigenvalue weighted by Crippen LogP contribution is 2.34. The SMILES string of the molecule is Cc1cccc(C)c1Sc1ccccc1CNCCCN(C)c1ccccc1. The van der Waals surface area contributed by atoms with Gasteiger partial charge >= 0.3 is 0 Å². The minimum Gasteiger partial charge on any atom is -0.375 e. The van der Waals surface area contributed by atoms with E-state index in [0.29, 0.717) is 0 Å². The molecule has 0 atom stereocenters. The Hall–Kier alpha value is -2.23. The fourth-order valence-corrected chi connectivity index (χ4v) is 4.39. The van der Waals surface area contributed by atoms with Gasteiger partial charge in [-0.3, -0.25) is 0 Å². The predicted octanol–water partition coefficient (Wildman–Crippen LogP) is 6.07. The van der Waals surface area contributed by atoms with Crippen LogP contribution in [0.5, 0.6) is 0 Å². The van der Waals surface area contributed by atoms with Crippen LogP contribution in [-0.2, 0) is 6.54 Å². The fraction of sp³-hybridized carbons (Fsp3) is 0.280. The zero-order chi connectivity index (χ0) is 19.8. The average Bonchev–Trinajstić information content (AvgIpc) is 2.72. The largest absolute Gasteiger partial charge is 0.375 e. The normalized spacial score (nSPS) is 10.8. The summed E-state index contributed by atoms with van der Waals surface area (Å²) in [4.78, 5) is 5.03. The lowest BCUT2D eigenvalue weighted by atomic mass is 10.2. The Morgan fingerprint density at radius 3 is 2.25 bits per heavy atom. The fourth-order valence-electron chi connectivity index (χ4n) is 3.30. The zero-order valence-electron chi connectivity index (χ0n) is 17.1. The minimum atomic E-state index is 0.906. The van der Waals surface area contributed by atoms with Crippen molar-refractivity contribution in [2.45, 2.75) is 36.6 Å². The van der Waals surface area contributed by atoms with E-state index in [1.807, 2.05) is 11.8 Å². The monoisotopic (exact) mass is 390 g/mol. The van der Waals surface area contributed by atoms with Crippen LogP contribution in [0.25, 0.3) is 0 Å². The molecule has 3 aromatic rings. The van der Waals surface area contributed by atoms with Gasteiger partial charge in [0.1, 0.15) is 0 Å². The first-order valence-electron chi connectivity index (χ1n) is 9.94. The Morgan fingerprint density at radius 1 is 0.821 bits per heavy atom. The molecule has 1 N–H and O–H groups in total. The molecule has 0 aliphatic rings. The van der Waals surface area contributed by atoms with Gasteiger partial charge in [-0.15, -0.1) is 0 Å². The summed E-state index contributed by atoms with van der Waals surface area (Å²) < 4.78 is 0. The smallest absolute Gasteiger partial charge is 0.0363 e. The average molecular weight is 391 g/mol. The number of nitrogens with zero attached hydrogens (tertiary/aromatic N) is 1. The molecule has 0 radical (unpaired) electrons. The summed E-state index contributed by atoms with van der Waals surface area (Å²) in [6.45, 7) is 7.36. The van der Waals surface area contributed by atoms with E-state index in [2.05, 4.69) is 104 Å². The molecule has 0 fully saturated rings. The van der Waals surface area contributed by atoms with Crippen molar-refractivity contribution < 1.29 is 0 Å². The van der Waals surface area contributed by atoms with Gasteiger partial charge in [-0.2, -0.15) is 0 Å². The van der Waals surface area contributed by atoms with E-state index >= 15 is 0 Å². The third-order valence-corrected chi connectivity index (χ3v) is 6.42. The van der Waals surface area contributed by atoms with E-state index in [4.69, 9.17) is 0 Å². The molecule has 0 aliphatic carbocycles. The molecule has 0 aromatic heterocycles. The van der Waals surface area contributed by atoms with Crippen molar-refractivity contribution in [1.82, 2.24) is 5.32 Å². The van der Waals surface area contributed by atoms with E-state index in [1.165, 1.54) is 32.2 Å². The number of hydrogen-bond donors (Lipinski definition) is 1. The third-order valence-electron chi connectivity index (χ3n) is 4.95. The second-order valence-corrected chi connectivity index (χ2v) is 8.27. The summed E-state index contributed by atoms with van der Waals surface area (Å²) in [6.07, 6.45) is 1.12. The lowest BCUT2D eigenvalue weighted by Gasteiger charge is -2.19. The van der Waals surface area contributed by atoms with Gasteiger partial charge in [-0.25, -0.2) is 0 Å². The first-order chi connectivity index (χ1) is 13.6. The lowest BCUT2D eigenvalue weighted by molar-refractivity contribution is 0.641. The van der Waals surface area contributed by atoms with Crippen LogP contribution in [0.1, 0.15) is 23.1 Å². The van der Waals surface area contributed by atoms with Gasteiger partial charge in [0.2, 0.25) is 0 Å². The maximum atomic E-state index is 3.62. The zero-order valence-corrected chi connectivity index (χ0v) is 17.9. The molecule has 3 aromatic carbocycles. The van der Waals surface area contributed by atoms with Gasteiger partial charge in [0.25, 0.3) is 0 Å². The van der Waals surface area contributed by atoms with Gasteiger partial charge in [-0.05, 0) is 61.7 Å². The first-order valence-corrected chi connectivity index (χ1v) is 10.8. The summed E-state index contributed by atoms with van der Waals surface area (Å²) in [6, 6.07) is 25.8. The molecule has 3 rings (SSSR count). The molecule has 0 saturated heterocycles. The highest BCUT2D eigenvalue weighted by Gasteiger charge is 2.08. The number of nitrogens with one attached hydrogen (secondary N) is 1. The molecule has 0 amide bonds. The van der Waals surface area contributed by atoms with Crippen LogP contribution in [-0.4, -0.2) is 20.1 Å². The minimum absolute atomic E-state index is 0.906. The van der Waals surface area contributed by atoms with Gasteiger partial charge in [-0.1, -0.05) is 66.4 Å². The number of hydrogen-bond acceptors (Lipinski definition) is 3.